The zero-order valence-electron chi connectivity index (χ0n) is 21.6. The Morgan fingerprint density at radius 1 is 1.08 bits per heavy atom. The van der Waals surface area contributed by atoms with Crippen LogP contribution in [-0.4, -0.2) is 57.7 Å². The van der Waals surface area contributed by atoms with Crippen LogP contribution in [0.2, 0.25) is 5.02 Å². The molecule has 1 aliphatic heterocycles. The van der Waals surface area contributed by atoms with Crippen LogP contribution in [0.15, 0.2) is 60.0 Å². The minimum absolute atomic E-state index is 0.0928. The SMILES string of the molecule is COc1ccc(C(C(=O)NCC2CCCO2)N(C(=O)CNC(=O)c2cccs2)c2ccc(Cl)cc2)cc1OC. The normalized spacial score (nSPS) is 15.3. The third kappa shape index (κ3) is 7.08. The van der Waals surface area contributed by atoms with E-state index in [9.17, 15) is 14.4 Å². The van der Waals surface area contributed by atoms with Crippen molar-refractivity contribution in [2.24, 2.45) is 0 Å². The molecule has 0 radical (unpaired) electrons. The standard InChI is InChI=1S/C28H30ClN3O6S/c1-36-22-12-7-18(15-23(22)37-2)26(28(35)30-16-21-5-3-13-38-21)32(20-10-8-19(29)9-11-20)25(33)17-31-27(34)24-6-4-14-39-24/h4,6-12,14-15,21,26H,3,5,13,16-17H2,1-2H3,(H,30,35)(H,31,34). The van der Waals surface area contributed by atoms with Crippen LogP contribution in [0.25, 0.3) is 0 Å². The summed E-state index contributed by atoms with van der Waals surface area (Å²) < 4.78 is 16.5. The monoisotopic (exact) mass is 571 g/mol. The minimum Gasteiger partial charge on any atom is -0.493 e. The zero-order valence-corrected chi connectivity index (χ0v) is 23.2. The first-order valence-electron chi connectivity index (χ1n) is 12.4. The highest BCUT2D eigenvalue weighted by Crippen LogP contribution is 2.35. The molecule has 0 spiro atoms. The molecule has 2 heterocycles. The zero-order chi connectivity index (χ0) is 27.8. The molecule has 2 atom stereocenters. The maximum atomic E-state index is 13.8. The van der Waals surface area contributed by atoms with E-state index in [2.05, 4.69) is 10.6 Å². The van der Waals surface area contributed by atoms with E-state index in [-0.39, 0.29) is 18.6 Å². The molecule has 2 aromatic carbocycles. The number of carbonyl (C=O) groups excluding carboxylic acids is 3. The molecule has 39 heavy (non-hydrogen) atoms. The smallest absolute Gasteiger partial charge is 0.261 e. The van der Waals surface area contributed by atoms with Gasteiger partial charge in [-0.3, -0.25) is 19.3 Å². The van der Waals surface area contributed by atoms with Crippen LogP contribution < -0.4 is 25.0 Å². The number of rotatable bonds is 11. The van der Waals surface area contributed by atoms with E-state index in [0.717, 1.165) is 12.8 Å². The fraction of sp³-hybridized carbons (Fsp3) is 0.321. The molecule has 11 heteroatoms. The molecule has 1 fully saturated rings. The summed E-state index contributed by atoms with van der Waals surface area (Å²) >= 11 is 7.40. The first kappa shape index (κ1) is 28.4. The molecule has 1 aliphatic rings. The highest BCUT2D eigenvalue weighted by Gasteiger charge is 2.34. The number of benzene rings is 2. The number of hydrogen-bond donors (Lipinski definition) is 2. The van der Waals surface area contributed by atoms with Crippen molar-refractivity contribution in [3.8, 4) is 11.5 Å². The van der Waals surface area contributed by atoms with E-state index >= 15 is 0 Å². The molecular formula is C28H30ClN3O6S. The number of anilines is 1. The Morgan fingerprint density at radius 3 is 2.49 bits per heavy atom. The molecule has 2 unspecified atom stereocenters. The van der Waals surface area contributed by atoms with Crippen LogP contribution in [0.1, 0.15) is 34.1 Å². The fourth-order valence-corrected chi connectivity index (χ4v) is 5.10. The maximum Gasteiger partial charge on any atom is 0.261 e. The average molecular weight is 572 g/mol. The number of carbonyl (C=O) groups is 3. The van der Waals surface area contributed by atoms with Crippen molar-refractivity contribution in [1.82, 2.24) is 10.6 Å². The summed E-state index contributed by atoms with van der Waals surface area (Å²) in [6.45, 7) is 0.627. The van der Waals surface area contributed by atoms with E-state index in [1.54, 1.807) is 60.0 Å². The summed E-state index contributed by atoms with van der Waals surface area (Å²) in [6.07, 6.45) is 1.68. The van der Waals surface area contributed by atoms with Crippen LogP contribution >= 0.6 is 22.9 Å². The Balaban J connectivity index is 1.70. The second-order valence-corrected chi connectivity index (χ2v) is 10.2. The topological polar surface area (TPSA) is 106 Å². The van der Waals surface area contributed by atoms with E-state index in [1.165, 1.54) is 30.5 Å². The predicted molar refractivity (Wildman–Crippen MR) is 150 cm³/mol. The Bertz CT molecular complexity index is 1280. The van der Waals surface area contributed by atoms with Gasteiger partial charge >= 0.3 is 0 Å². The lowest BCUT2D eigenvalue weighted by atomic mass is 10.0. The van der Waals surface area contributed by atoms with Gasteiger partial charge in [0.05, 0.1) is 31.7 Å². The maximum absolute atomic E-state index is 13.8. The van der Waals surface area contributed by atoms with Gasteiger partial charge in [-0.15, -0.1) is 11.3 Å². The third-order valence-electron chi connectivity index (χ3n) is 6.28. The van der Waals surface area contributed by atoms with E-state index in [0.29, 0.717) is 45.8 Å². The molecule has 3 amide bonds. The quantitative estimate of drug-likeness (QED) is 0.357. The van der Waals surface area contributed by atoms with Crippen molar-refractivity contribution in [2.75, 3.05) is 38.8 Å². The molecule has 0 bridgehead atoms. The number of hydrogen-bond acceptors (Lipinski definition) is 7. The number of nitrogens with zero attached hydrogens (tertiary/aromatic N) is 1. The van der Waals surface area contributed by atoms with E-state index in [1.807, 2.05) is 0 Å². The van der Waals surface area contributed by atoms with E-state index in [4.69, 9.17) is 25.8 Å². The summed E-state index contributed by atoms with van der Waals surface area (Å²) in [5, 5.41) is 7.87. The summed E-state index contributed by atoms with van der Waals surface area (Å²) in [7, 11) is 3.01. The lowest BCUT2D eigenvalue weighted by Gasteiger charge is -2.32. The number of halogens is 1. The van der Waals surface area contributed by atoms with Gasteiger partial charge in [-0.25, -0.2) is 0 Å². The largest absolute Gasteiger partial charge is 0.493 e. The van der Waals surface area contributed by atoms with Gasteiger partial charge in [0.2, 0.25) is 11.8 Å². The average Bonchev–Trinajstić information content (AvgIpc) is 3.68. The fourth-order valence-electron chi connectivity index (χ4n) is 4.33. The van der Waals surface area contributed by atoms with Gasteiger partial charge in [0, 0.05) is 23.9 Å². The van der Waals surface area contributed by atoms with Gasteiger partial charge in [0.15, 0.2) is 11.5 Å². The van der Waals surface area contributed by atoms with E-state index < -0.39 is 17.9 Å². The second kappa shape index (κ2) is 13.5. The minimum atomic E-state index is -1.10. The van der Waals surface area contributed by atoms with Gasteiger partial charge in [0.1, 0.15) is 6.04 Å². The molecule has 1 aromatic heterocycles. The van der Waals surface area contributed by atoms with Crippen molar-refractivity contribution in [2.45, 2.75) is 25.0 Å². The Morgan fingerprint density at radius 2 is 1.85 bits per heavy atom. The van der Waals surface area contributed by atoms with Crippen molar-refractivity contribution in [1.29, 1.82) is 0 Å². The lowest BCUT2D eigenvalue weighted by Crippen LogP contribution is -2.48. The van der Waals surface area contributed by atoms with Crippen LogP contribution in [0.5, 0.6) is 11.5 Å². The third-order valence-corrected chi connectivity index (χ3v) is 7.40. The Labute approximate surface area is 236 Å². The van der Waals surface area contributed by atoms with Gasteiger partial charge in [-0.05, 0) is 66.2 Å². The highest BCUT2D eigenvalue weighted by molar-refractivity contribution is 7.12. The summed E-state index contributed by atoms with van der Waals surface area (Å²) in [5.74, 6) is -0.395. The van der Waals surface area contributed by atoms with Gasteiger partial charge in [0.25, 0.3) is 5.91 Å². The number of methoxy groups -OCH3 is 2. The molecule has 206 valence electrons. The Hall–Kier alpha value is -3.60. The van der Waals surface area contributed by atoms with Crippen LogP contribution in [0.3, 0.4) is 0 Å². The van der Waals surface area contributed by atoms with Gasteiger partial charge < -0.3 is 24.8 Å². The first-order chi connectivity index (χ1) is 18.9. The predicted octanol–water partition coefficient (Wildman–Crippen LogP) is 4.22. The summed E-state index contributed by atoms with van der Waals surface area (Å²) in [6, 6.07) is 14.0. The van der Waals surface area contributed by atoms with Crippen molar-refractivity contribution in [3.63, 3.8) is 0 Å². The number of thiophene rings is 1. The van der Waals surface area contributed by atoms with Crippen LogP contribution in [0, 0.1) is 0 Å². The Kier molecular flexibility index (Phi) is 9.80. The van der Waals surface area contributed by atoms with Crippen molar-refractivity contribution >= 4 is 46.3 Å². The summed E-state index contributed by atoms with van der Waals surface area (Å²) in [5.41, 5.74) is 0.923. The molecule has 3 aromatic rings. The molecule has 0 aliphatic carbocycles. The molecule has 1 saturated heterocycles. The molecule has 4 rings (SSSR count). The van der Waals surface area contributed by atoms with Crippen molar-refractivity contribution < 1.29 is 28.6 Å². The van der Waals surface area contributed by atoms with Gasteiger partial charge in [-0.2, -0.15) is 0 Å². The molecule has 9 nitrogen and oxygen atoms in total. The van der Waals surface area contributed by atoms with Gasteiger partial charge in [-0.1, -0.05) is 23.7 Å². The number of nitrogens with one attached hydrogen (secondary N) is 2. The first-order valence-corrected chi connectivity index (χ1v) is 13.7. The molecular weight excluding hydrogens is 542 g/mol. The van der Waals surface area contributed by atoms with Crippen LogP contribution in [-0.2, 0) is 14.3 Å². The lowest BCUT2D eigenvalue weighted by molar-refractivity contribution is -0.126. The number of ether oxygens (including phenoxy) is 3. The molecule has 0 saturated carbocycles. The highest BCUT2D eigenvalue weighted by atomic mass is 35.5. The van der Waals surface area contributed by atoms with Crippen molar-refractivity contribution in [3.05, 3.63) is 75.4 Å². The number of amides is 3. The van der Waals surface area contributed by atoms with Crippen LogP contribution in [0.4, 0.5) is 5.69 Å². The molecule has 2 N–H and O–H groups in total. The second-order valence-electron chi connectivity index (χ2n) is 8.80. The summed E-state index contributed by atoms with van der Waals surface area (Å²) in [4.78, 5) is 42.0.